The first-order valence-electron chi connectivity index (χ1n) is 26.3. The number of aromatic nitrogens is 3. The fourth-order valence-corrected chi connectivity index (χ4v) is 14.8. The van der Waals surface area contributed by atoms with E-state index in [0.717, 1.165) is 24.5 Å². The predicted molar refractivity (Wildman–Crippen MR) is 322 cm³/mol. The maximum absolute atomic E-state index is 13.5. The molecule has 4 aromatic carbocycles. The zero-order chi connectivity index (χ0) is 66.7. The van der Waals surface area contributed by atoms with Gasteiger partial charge in [-0.2, -0.15) is 46.7 Å². The molecule has 0 unspecified atom stereocenters. The normalized spacial score (nSPS) is 16.1. The molecule has 37 heteroatoms. The summed E-state index contributed by atoms with van der Waals surface area (Å²) in [5.41, 5.74) is -1.00. The Morgan fingerprint density at radius 2 is 1.23 bits per heavy atom. The fourth-order valence-electron chi connectivity index (χ4n) is 10.8. The van der Waals surface area contributed by atoms with Crippen LogP contribution in [0, 0.1) is 0 Å². The van der Waals surface area contributed by atoms with E-state index in [1.807, 2.05) is 0 Å². The molecule has 30 nitrogen and oxygen atoms in total. The van der Waals surface area contributed by atoms with Crippen molar-refractivity contribution < 1.29 is 100 Å². The standard InChI is InChI=1S/C53H56N8O22S7/c1-52(2)45(60(19-5-21-84(64,65)66)41-13-10-36-38(49(41)52)23-33(87(72,73)74)25-43(36)89(78,79)80)15-8-31(40-12-7-32(27-56-40)51(63)55-18-17-48(62)59-30-47-57-28-35(29-58-47)86(54,70)71)9-16-46-53(3,4)50-39-24-34(88(75,76)77)26-44(90(81,82)83)37(39)11-14-42(50)61(46)20-6-22-85(67,68)69/h7-16,23-29H,5-6,17-22,30H2,1-4H3,(H9-,54,55,59,62,63,64,65,66,67,68,69,70,71,72,73,74,75,76,77,78,79,80,81,82,83). The summed E-state index contributed by atoms with van der Waals surface area (Å²) in [7, 11) is -34.1. The minimum Gasteiger partial charge on any atom is -0.748 e. The Labute approximate surface area is 516 Å². The number of nitrogens with two attached hydrogens (primary N) is 1. The first kappa shape index (κ1) is 68.5. The van der Waals surface area contributed by atoms with Gasteiger partial charge in [-0.3, -0.25) is 37.3 Å². The largest absolute Gasteiger partial charge is 0.748 e. The predicted octanol–water partition coefficient (Wildman–Crippen LogP) is 3.16. The molecule has 0 aliphatic carbocycles. The zero-order valence-electron chi connectivity index (χ0n) is 47.5. The number of hydrogen-bond acceptors (Lipinski definition) is 21. The number of carbonyl (C=O) groups is 2. The smallest absolute Gasteiger partial charge is 0.295 e. The van der Waals surface area contributed by atoms with Crippen LogP contribution in [-0.2, 0) is 92.9 Å². The average Bonchev–Trinajstić information content (AvgIpc) is 1.52. The zero-order valence-corrected chi connectivity index (χ0v) is 53.2. The van der Waals surface area contributed by atoms with Gasteiger partial charge in [0, 0.05) is 88.7 Å². The first-order chi connectivity index (χ1) is 41.4. The molecule has 482 valence electrons. The van der Waals surface area contributed by atoms with Gasteiger partial charge in [0.1, 0.15) is 27.1 Å². The molecular weight excluding hydrogens is 1330 g/mol. The van der Waals surface area contributed by atoms with Crippen LogP contribution in [0.3, 0.4) is 0 Å². The lowest BCUT2D eigenvalue weighted by Crippen LogP contribution is -2.31. The highest BCUT2D eigenvalue weighted by molar-refractivity contribution is 7.89. The van der Waals surface area contributed by atoms with Crippen LogP contribution in [0.4, 0.5) is 11.4 Å². The van der Waals surface area contributed by atoms with Crippen molar-refractivity contribution >= 4 is 127 Å². The number of nitrogens with zero attached hydrogens (tertiary/aromatic N) is 5. The number of sulfonamides is 1. The van der Waals surface area contributed by atoms with Crippen molar-refractivity contribution in [3.05, 3.63) is 137 Å². The van der Waals surface area contributed by atoms with Crippen LogP contribution in [0.1, 0.15) is 80.0 Å². The van der Waals surface area contributed by atoms with Gasteiger partial charge in [-0.15, -0.1) is 0 Å². The molecule has 0 saturated carbocycles. The number of hydrogen-bond donors (Lipinski definition) is 8. The number of primary sulfonamides is 1. The molecule has 2 aliphatic rings. The van der Waals surface area contributed by atoms with E-state index < -0.39 is 124 Å². The van der Waals surface area contributed by atoms with Crippen LogP contribution in [-0.4, -0.2) is 154 Å². The van der Waals surface area contributed by atoms with Gasteiger partial charge in [-0.1, -0.05) is 26.0 Å². The third kappa shape index (κ3) is 15.2. The summed E-state index contributed by atoms with van der Waals surface area (Å²) < 4.78 is 237. The van der Waals surface area contributed by atoms with E-state index in [9.17, 15) is 95.8 Å². The monoisotopic (exact) mass is 1380 g/mol. The van der Waals surface area contributed by atoms with Gasteiger partial charge in [0.15, 0.2) is 5.71 Å². The fraction of sp³-hybridized carbons (Fsp3) is 0.283. The van der Waals surface area contributed by atoms with Gasteiger partial charge in [0.25, 0.3) is 56.5 Å². The molecule has 0 spiro atoms. The Morgan fingerprint density at radius 3 is 1.76 bits per heavy atom. The number of carbonyl (C=O) groups excluding carboxylic acids is 2. The number of pyridine rings is 1. The topological polar surface area (TPSA) is 492 Å². The maximum Gasteiger partial charge on any atom is 0.295 e. The van der Waals surface area contributed by atoms with Crippen molar-refractivity contribution in [1.82, 2.24) is 25.6 Å². The Hall–Kier alpha value is -7.37. The number of nitrogens with one attached hydrogen (secondary N) is 2. The lowest BCUT2D eigenvalue weighted by molar-refractivity contribution is -0.437. The van der Waals surface area contributed by atoms with Crippen LogP contribution >= 0.6 is 0 Å². The third-order valence-electron chi connectivity index (χ3n) is 14.8. The van der Waals surface area contributed by atoms with Crippen molar-refractivity contribution in [3.63, 3.8) is 0 Å². The van der Waals surface area contributed by atoms with E-state index in [0.29, 0.717) is 17.8 Å². The van der Waals surface area contributed by atoms with E-state index in [-0.39, 0.29) is 123 Å². The van der Waals surface area contributed by atoms with Crippen LogP contribution in [0.15, 0.2) is 134 Å². The van der Waals surface area contributed by atoms with Crippen molar-refractivity contribution in [2.45, 2.75) is 88.8 Å². The number of anilines is 1. The SMILES string of the molecule is CC1(C)C(=CC=C(C=CC2=[N+](CCCS(=O)(=O)[O-])c3ccc4c(S(=O)(=O)O)cc(S(=O)(=O)O)cc4c3C2(C)C)c2ccc(C(=O)NCCC(=O)NCc3ncc(S(N)(=O)=O)cn3)cn2)N(CCCS(=O)(=O)O)c2ccc3c(S(=O)(=O)O)cc(S(=O)(=O)O)cc3c21. The number of fused-ring (bicyclic) bond motifs is 6. The summed E-state index contributed by atoms with van der Waals surface area (Å²) in [5.74, 6) is -2.81. The molecule has 0 radical (unpaired) electrons. The second-order valence-corrected chi connectivity index (χ2v) is 31.9. The third-order valence-corrected chi connectivity index (χ3v) is 20.7. The van der Waals surface area contributed by atoms with E-state index in [2.05, 4.69) is 25.6 Å². The number of rotatable bonds is 23. The van der Waals surface area contributed by atoms with E-state index in [4.69, 9.17) is 5.14 Å². The van der Waals surface area contributed by atoms with Crippen molar-refractivity contribution in [3.8, 4) is 0 Å². The van der Waals surface area contributed by atoms with Gasteiger partial charge >= 0.3 is 0 Å². The lowest BCUT2D eigenvalue weighted by atomic mass is 9.79. The van der Waals surface area contributed by atoms with E-state index in [1.165, 1.54) is 66.9 Å². The van der Waals surface area contributed by atoms with Gasteiger partial charge in [0.2, 0.25) is 21.6 Å². The number of benzene rings is 4. The van der Waals surface area contributed by atoms with Crippen LogP contribution < -0.4 is 20.7 Å². The highest BCUT2D eigenvalue weighted by Gasteiger charge is 2.47. The summed E-state index contributed by atoms with van der Waals surface area (Å²) in [6.45, 7) is 5.73. The highest BCUT2D eigenvalue weighted by Crippen LogP contribution is 2.52. The Bertz CT molecular complexity index is 4980. The number of allylic oxidation sites excluding steroid dienone is 6. The Kier molecular flexibility index (Phi) is 18.8. The summed E-state index contributed by atoms with van der Waals surface area (Å²) in [6.07, 6.45) is 8.38. The Morgan fingerprint density at radius 1 is 0.656 bits per heavy atom. The summed E-state index contributed by atoms with van der Waals surface area (Å²) in [6, 6.07) is 11.2. The van der Waals surface area contributed by atoms with E-state index >= 15 is 0 Å². The molecule has 2 aromatic heterocycles. The molecular formula is C53H56N8O22S7. The molecule has 9 N–H and O–H groups in total. The molecule has 0 bridgehead atoms. The molecule has 2 aliphatic heterocycles. The molecule has 6 aromatic rings. The van der Waals surface area contributed by atoms with Crippen LogP contribution in [0.2, 0.25) is 0 Å². The van der Waals surface area contributed by atoms with Crippen LogP contribution in [0.25, 0.3) is 27.1 Å². The minimum absolute atomic E-state index is 0.0244. The van der Waals surface area contributed by atoms with Crippen molar-refractivity contribution in [2.75, 3.05) is 36.0 Å². The van der Waals surface area contributed by atoms with Crippen molar-refractivity contribution in [1.29, 1.82) is 0 Å². The summed E-state index contributed by atoms with van der Waals surface area (Å²) in [4.78, 5) is 36.1. The van der Waals surface area contributed by atoms with Gasteiger partial charge in [0.05, 0.1) is 61.3 Å². The molecule has 8 rings (SSSR count). The number of amides is 2. The maximum atomic E-state index is 13.5. The molecule has 90 heavy (non-hydrogen) atoms. The lowest BCUT2D eigenvalue weighted by Gasteiger charge is -2.27. The highest BCUT2D eigenvalue weighted by atomic mass is 32.2. The molecule has 0 fully saturated rings. The van der Waals surface area contributed by atoms with Gasteiger partial charge in [-0.25, -0.2) is 31.9 Å². The second kappa shape index (κ2) is 24.7. The molecule has 0 saturated heterocycles. The summed E-state index contributed by atoms with van der Waals surface area (Å²) >= 11 is 0. The molecule has 0 atom stereocenters. The molecule has 2 amide bonds. The first-order valence-corrected chi connectivity index (χ1v) is 36.8. The minimum atomic E-state index is -5.19. The van der Waals surface area contributed by atoms with Crippen molar-refractivity contribution in [2.24, 2.45) is 5.14 Å². The Balaban J connectivity index is 1.27. The molecule has 4 heterocycles. The van der Waals surface area contributed by atoms with Gasteiger partial charge < -0.3 is 20.1 Å². The van der Waals surface area contributed by atoms with E-state index in [1.54, 1.807) is 37.2 Å². The quantitative estimate of drug-likeness (QED) is 0.0259. The van der Waals surface area contributed by atoms with Gasteiger partial charge in [-0.05, 0) is 97.3 Å². The second-order valence-electron chi connectivity index (χ2n) is 21.6. The summed E-state index contributed by atoms with van der Waals surface area (Å²) in [5, 5.41) is 9.64. The average molecular weight is 1380 g/mol. The van der Waals surface area contributed by atoms with Crippen LogP contribution in [0.5, 0.6) is 0 Å².